The number of aliphatic imine (C=N–C) groups is 1. The van der Waals surface area contributed by atoms with E-state index < -0.39 is 5.54 Å². The number of nitrogens with two attached hydrogens (primary N) is 1. The second kappa shape index (κ2) is 7.50. The molecule has 2 aromatic carbocycles. The molecule has 3 unspecified atom stereocenters. The number of halogens is 1. The van der Waals surface area contributed by atoms with Gasteiger partial charge in [-0.2, -0.15) is 5.26 Å². The summed E-state index contributed by atoms with van der Waals surface area (Å²) >= 11 is 6.29. The average molecular weight is 450 g/mol. The smallest absolute Gasteiger partial charge is 0.283 e. The van der Waals surface area contributed by atoms with Gasteiger partial charge in [-0.15, -0.1) is 0 Å². The molecule has 0 saturated heterocycles. The van der Waals surface area contributed by atoms with Crippen molar-refractivity contribution in [2.24, 2.45) is 28.0 Å². The SMILES string of the molecule is COC1[C@H](C)CC2(Cc3ccc(-c4cc(Cl)cc(C#N)c4)cc3C23COC(N)=N3)C[C@@H]1C. The van der Waals surface area contributed by atoms with Crippen LogP contribution in [0.4, 0.5) is 0 Å². The van der Waals surface area contributed by atoms with Crippen molar-refractivity contribution in [3.63, 3.8) is 0 Å². The average Bonchev–Trinajstić information content (AvgIpc) is 3.26. The van der Waals surface area contributed by atoms with Gasteiger partial charge in [0, 0.05) is 17.5 Å². The predicted octanol–water partition coefficient (Wildman–Crippen LogP) is 5.04. The summed E-state index contributed by atoms with van der Waals surface area (Å²) in [7, 11) is 1.82. The molecule has 166 valence electrons. The lowest BCUT2D eigenvalue weighted by molar-refractivity contribution is -0.0779. The maximum absolute atomic E-state index is 9.38. The van der Waals surface area contributed by atoms with Crippen molar-refractivity contribution in [2.45, 2.75) is 44.8 Å². The van der Waals surface area contributed by atoms with Gasteiger partial charge < -0.3 is 15.2 Å². The van der Waals surface area contributed by atoms with Gasteiger partial charge in [-0.1, -0.05) is 37.6 Å². The molecule has 1 aliphatic heterocycles. The van der Waals surface area contributed by atoms with Gasteiger partial charge in [0.1, 0.15) is 12.1 Å². The first kappa shape index (κ1) is 21.3. The van der Waals surface area contributed by atoms with Crippen molar-refractivity contribution >= 4 is 17.6 Å². The summed E-state index contributed by atoms with van der Waals surface area (Å²) in [5.74, 6) is 0.829. The van der Waals surface area contributed by atoms with Gasteiger partial charge in [-0.3, -0.25) is 0 Å². The maximum atomic E-state index is 9.38. The number of methoxy groups -OCH3 is 1. The summed E-state index contributed by atoms with van der Waals surface area (Å²) in [6, 6.07) is 14.5. The monoisotopic (exact) mass is 449 g/mol. The summed E-state index contributed by atoms with van der Waals surface area (Å²) in [5, 5.41) is 9.93. The van der Waals surface area contributed by atoms with Crippen molar-refractivity contribution in [1.29, 1.82) is 5.26 Å². The second-order valence-corrected chi connectivity index (χ2v) is 10.3. The van der Waals surface area contributed by atoms with Gasteiger partial charge in [-0.05, 0) is 77.6 Å². The van der Waals surface area contributed by atoms with E-state index in [0.717, 1.165) is 30.4 Å². The van der Waals surface area contributed by atoms with E-state index in [9.17, 15) is 5.26 Å². The van der Waals surface area contributed by atoms with Gasteiger partial charge in [0.2, 0.25) is 0 Å². The first-order valence-corrected chi connectivity index (χ1v) is 11.5. The molecule has 0 radical (unpaired) electrons. The summed E-state index contributed by atoms with van der Waals surface area (Å²) in [6.07, 6.45) is 3.22. The van der Waals surface area contributed by atoms with Gasteiger partial charge in [0.25, 0.3) is 6.02 Å². The highest BCUT2D eigenvalue weighted by Crippen LogP contribution is 2.63. The topological polar surface area (TPSA) is 80.6 Å². The highest BCUT2D eigenvalue weighted by atomic mass is 35.5. The van der Waals surface area contributed by atoms with E-state index in [2.05, 4.69) is 38.1 Å². The number of hydrogen-bond donors (Lipinski definition) is 1. The van der Waals surface area contributed by atoms with E-state index in [-0.39, 0.29) is 17.5 Å². The lowest BCUT2D eigenvalue weighted by Crippen LogP contribution is -2.51. The number of benzene rings is 2. The molecule has 5 nitrogen and oxygen atoms in total. The highest BCUT2D eigenvalue weighted by molar-refractivity contribution is 6.31. The number of amidine groups is 1. The van der Waals surface area contributed by atoms with Crippen LogP contribution in [-0.4, -0.2) is 25.8 Å². The number of nitriles is 1. The van der Waals surface area contributed by atoms with E-state index in [0.29, 0.717) is 29.0 Å². The molecule has 0 aromatic heterocycles. The zero-order chi connectivity index (χ0) is 22.7. The predicted molar refractivity (Wildman–Crippen MR) is 125 cm³/mol. The molecule has 5 rings (SSSR count). The van der Waals surface area contributed by atoms with Crippen molar-refractivity contribution in [3.8, 4) is 17.2 Å². The Morgan fingerprint density at radius 1 is 1.16 bits per heavy atom. The second-order valence-electron chi connectivity index (χ2n) is 9.83. The van der Waals surface area contributed by atoms with Crippen LogP contribution in [0.5, 0.6) is 0 Å². The van der Waals surface area contributed by atoms with Crippen molar-refractivity contribution < 1.29 is 9.47 Å². The molecule has 0 bridgehead atoms. The standard InChI is InChI=1S/C26H28ClN3O2/c1-15-10-25(11-16(2)23(15)31-3)12-19-5-4-18(20-6-17(13-28)7-21(27)8-20)9-22(19)26(25)14-32-24(29)30-26/h4-9,15-16,23H,10-12,14H2,1-3H3,(H2,29,30)/t15-,16+,23?,25?,26?. The summed E-state index contributed by atoms with van der Waals surface area (Å²) < 4.78 is 11.7. The van der Waals surface area contributed by atoms with E-state index in [4.69, 9.17) is 31.8 Å². The number of rotatable bonds is 2. The molecule has 2 N–H and O–H groups in total. The minimum absolute atomic E-state index is 0.0604. The minimum Gasteiger partial charge on any atom is -0.462 e. The largest absolute Gasteiger partial charge is 0.462 e. The summed E-state index contributed by atoms with van der Waals surface area (Å²) in [6.45, 7) is 5.03. The summed E-state index contributed by atoms with van der Waals surface area (Å²) in [5.41, 5.74) is 10.5. The van der Waals surface area contributed by atoms with Gasteiger partial charge in [0.05, 0.1) is 17.7 Å². The van der Waals surface area contributed by atoms with Gasteiger partial charge in [0.15, 0.2) is 0 Å². The van der Waals surface area contributed by atoms with Crippen molar-refractivity contribution in [1.82, 2.24) is 0 Å². The number of hydrogen-bond acceptors (Lipinski definition) is 5. The molecule has 2 spiro atoms. The van der Waals surface area contributed by atoms with E-state index in [1.165, 1.54) is 11.1 Å². The Hall–Kier alpha value is -2.55. The van der Waals surface area contributed by atoms with Gasteiger partial charge >= 0.3 is 0 Å². The van der Waals surface area contributed by atoms with Crippen LogP contribution < -0.4 is 5.73 Å². The van der Waals surface area contributed by atoms with Crippen LogP contribution in [0.1, 0.15) is 43.4 Å². The molecule has 0 amide bonds. The Morgan fingerprint density at radius 3 is 2.53 bits per heavy atom. The normalized spacial score (nSPS) is 33.1. The van der Waals surface area contributed by atoms with Gasteiger partial charge in [-0.25, -0.2) is 4.99 Å². The van der Waals surface area contributed by atoms with Crippen LogP contribution in [0.25, 0.3) is 11.1 Å². The molecular weight excluding hydrogens is 422 g/mol. The number of ether oxygens (including phenoxy) is 2. The Bertz CT molecular complexity index is 1140. The molecule has 1 saturated carbocycles. The van der Waals surface area contributed by atoms with E-state index in [1.54, 1.807) is 6.07 Å². The van der Waals surface area contributed by atoms with Crippen LogP contribution >= 0.6 is 11.6 Å². The fraction of sp³-hybridized carbons (Fsp3) is 0.462. The first-order valence-electron chi connectivity index (χ1n) is 11.2. The van der Waals surface area contributed by atoms with E-state index in [1.807, 2.05) is 19.2 Å². The van der Waals surface area contributed by atoms with Crippen LogP contribution in [0, 0.1) is 28.6 Å². The fourth-order valence-corrected chi connectivity index (χ4v) is 7.04. The Labute approximate surface area is 194 Å². The van der Waals surface area contributed by atoms with Crippen LogP contribution in [-0.2, 0) is 21.4 Å². The van der Waals surface area contributed by atoms with Crippen LogP contribution in [0.15, 0.2) is 41.4 Å². The van der Waals surface area contributed by atoms with Crippen molar-refractivity contribution in [2.75, 3.05) is 13.7 Å². The van der Waals surface area contributed by atoms with Crippen LogP contribution in [0.2, 0.25) is 5.02 Å². The van der Waals surface area contributed by atoms with Crippen LogP contribution in [0.3, 0.4) is 0 Å². The third-order valence-corrected chi connectivity index (χ3v) is 8.09. The fourth-order valence-electron chi connectivity index (χ4n) is 6.81. The molecule has 32 heavy (non-hydrogen) atoms. The van der Waals surface area contributed by atoms with E-state index >= 15 is 0 Å². The maximum Gasteiger partial charge on any atom is 0.283 e. The first-order chi connectivity index (χ1) is 15.3. The Balaban J connectivity index is 1.64. The molecule has 1 fully saturated rings. The number of nitrogens with zero attached hydrogens (tertiary/aromatic N) is 2. The molecule has 6 heteroatoms. The third-order valence-electron chi connectivity index (χ3n) is 7.87. The third kappa shape index (κ3) is 3.04. The minimum atomic E-state index is -0.500. The molecule has 1 heterocycles. The lowest BCUT2D eigenvalue weighted by atomic mass is 9.57. The molecule has 2 aliphatic carbocycles. The Morgan fingerprint density at radius 2 is 1.91 bits per heavy atom. The molecule has 3 aliphatic rings. The number of fused-ring (bicyclic) bond motifs is 3. The highest BCUT2D eigenvalue weighted by Gasteiger charge is 2.63. The molecule has 2 aromatic rings. The Kier molecular flexibility index (Phi) is 5.00. The molecule has 5 atom stereocenters. The summed E-state index contributed by atoms with van der Waals surface area (Å²) in [4.78, 5) is 5.00. The zero-order valence-electron chi connectivity index (χ0n) is 18.7. The lowest BCUT2D eigenvalue weighted by Gasteiger charge is -2.50. The quantitative estimate of drug-likeness (QED) is 0.696. The molecular formula is C26H28ClN3O2. The zero-order valence-corrected chi connectivity index (χ0v) is 19.4. The van der Waals surface area contributed by atoms with Crippen molar-refractivity contribution in [3.05, 3.63) is 58.1 Å².